The Balaban J connectivity index is 1.87. The number of aryl methyl sites for hydroxylation is 1. The second-order valence-electron chi connectivity index (χ2n) is 8.63. The Hall–Kier alpha value is -3.65. The fourth-order valence-corrected chi connectivity index (χ4v) is 5.52. The molecular formula is C27H29N3O4S. The van der Waals surface area contributed by atoms with Crippen LogP contribution in [0, 0.1) is 6.92 Å². The van der Waals surface area contributed by atoms with Crippen molar-refractivity contribution in [3.05, 3.63) is 82.4 Å². The normalized spacial score (nSPS) is 21.7. The molecule has 3 atom stereocenters. The molecule has 0 fully saturated rings. The van der Waals surface area contributed by atoms with Gasteiger partial charge in [0.15, 0.2) is 10.7 Å². The smallest absolute Gasteiger partial charge is 0.336 e. The van der Waals surface area contributed by atoms with Gasteiger partial charge in [0.1, 0.15) is 0 Å². The van der Waals surface area contributed by atoms with Crippen molar-refractivity contribution < 1.29 is 19.1 Å². The van der Waals surface area contributed by atoms with E-state index in [1.165, 1.54) is 25.6 Å². The van der Waals surface area contributed by atoms with E-state index in [2.05, 4.69) is 10.6 Å². The van der Waals surface area contributed by atoms with Gasteiger partial charge in [0, 0.05) is 16.6 Å². The Morgan fingerprint density at radius 1 is 1.03 bits per heavy atom. The minimum absolute atomic E-state index is 0.366. The molecule has 0 bridgehead atoms. The van der Waals surface area contributed by atoms with Crippen molar-refractivity contribution in [2.45, 2.75) is 38.3 Å². The first-order valence-electron chi connectivity index (χ1n) is 11.3. The lowest BCUT2D eigenvalue weighted by atomic mass is 9.68. The summed E-state index contributed by atoms with van der Waals surface area (Å²) in [7, 11) is 2.69. The maximum Gasteiger partial charge on any atom is 0.336 e. The van der Waals surface area contributed by atoms with E-state index in [1.807, 2.05) is 80.7 Å². The van der Waals surface area contributed by atoms with Gasteiger partial charge in [0.2, 0.25) is 0 Å². The van der Waals surface area contributed by atoms with Gasteiger partial charge in [-0.05, 0) is 26.3 Å². The number of rotatable bonds is 6. The summed E-state index contributed by atoms with van der Waals surface area (Å²) < 4.78 is 10.5. The Labute approximate surface area is 209 Å². The third kappa shape index (κ3) is 4.41. The average molecular weight is 492 g/mol. The van der Waals surface area contributed by atoms with E-state index in [0.717, 1.165) is 22.4 Å². The van der Waals surface area contributed by atoms with E-state index in [-0.39, 0.29) is 0 Å². The zero-order valence-electron chi connectivity index (χ0n) is 20.4. The van der Waals surface area contributed by atoms with E-state index >= 15 is 0 Å². The van der Waals surface area contributed by atoms with Gasteiger partial charge < -0.3 is 20.1 Å². The molecule has 2 heterocycles. The molecule has 2 N–H and O–H groups in total. The highest BCUT2D eigenvalue weighted by molar-refractivity contribution is 7.14. The van der Waals surface area contributed by atoms with Crippen LogP contribution in [-0.4, -0.2) is 42.7 Å². The SMILES string of the molecule is COC(=O)C1=C(C)NC(C)C(Nc2nc(-c3ccc(C)cc3)cs2)(C(=O)OC)C1c1ccccc1. The summed E-state index contributed by atoms with van der Waals surface area (Å²) in [4.78, 5) is 31.4. The predicted molar refractivity (Wildman–Crippen MR) is 137 cm³/mol. The molecule has 0 aliphatic carbocycles. The van der Waals surface area contributed by atoms with Crippen molar-refractivity contribution >= 4 is 28.4 Å². The molecule has 3 unspecified atom stereocenters. The predicted octanol–water partition coefficient (Wildman–Crippen LogP) is 4.66. The maximum atomic E-state index is 13.6. The zero-order chi connectivity index (χ0) is 25.2. The van der Waals surface area contributed by atoms with Crippen LogP contribution in [0.15, 0.2) is 71.2 Å². The third-order valence-electron chi connectivity index (χ3n) is 6.49. The van der Waals surface area contributed by atoms with Crippen molar-refractivity contribution in [2.24, 2.45) is 0 Å². The minimum Gasteiger partial charge on any atom is -0.467 e. The molecule has 0 radical (unpaired) electrons. The first-order chi connectivity index (χ1) is 16.8. The van der Waals surface area contributed by atoms with E-state index in [1.54, 1.807) is 0 Å². The van der Waals surface area contributed by atoms with E-state index in [9.17, 15) is 9.59 Å². The van der Waals surface area contributed by atoms with Gasteiger partial charge in [-0.15, -0.1) is 11.3 Å². The van der Waals surface area contributed by atoms with Gasteiger partial charge in [-0.1, -0.05) is 60.2 Å². The molecule has 1 aliphatic rings. The van der Waals surface area contributed by atoms with Crippen molar-refractivity contribution in [2.75, 3.05) is 19.5 Å². The molecule has 0 saturated heterocycles. The first-order valence-corrected chi connectivity index (χ1v) is 12.2. The summed E-state index contributed by atoms with van der Waals surface area (Å²) >= 11 is 1.39. The summed E-state index contributed by atoms with van der Waals surface area (Å²) in [5, 5.41) is 9.20. The van der Waals surface area contributed by atoms with Crippen LogP contribution in [0.1, 0.15) is 30.9 Å². The Morgan fingerprint density at radius 3 is 2.34 bits per heavy atom. The lowest BCUT2D eigenvalue weighted by Gasteiger charge is -2.47. The van der Waals surface area contributed by atoms with Crippen LogP contribution in [0.5, 0.6) is 0 Å². The number of nitrogens with one attached hydrogen (secondary N) is 2. The van der Waals surface area contributed by atoms with Crippen LogP contribution in [0.25, 0.3) is 11.3 Å². The molecule has 3 aromatic rings. The fourth-order valence-electron chi connectivity index (χ4n) is 4.73. The second kappa shape index (κ2) is 9.92. The number of ether oxygens (including phenoxy) is 2. The maximum absolute atomic E-state index is 13.6. The molecule has 0 amide bonds. The van der Waals surface area contributed by atoms with Gasteiger partial charge in [0.05, 0.1) is 37.4 Å². The monoisotopic (exact) mass is 491 g/mol. The molecule has 35 heavy (non-hydrogen) atoms. The summed E-state index contributed by atoms with van der Waals surface area (Å²) in [6.45, 7) is 5.75. The zero-order valence-corrected chi connectivity index (χ0v) is 21.2. The Bertz CT molecular complexity index is 1250. The van der Waals surface area contributed by atoms with Crippen LogP contribution in [-0.2, 0) is 19.1 Å². The summed E-state index contributed by atoms with van der Waals surface area (Å²) in [6.07, 6.45) is 0. The number of nitrogens with zero attached hydrogens (tertiary/aromatic N) is 1. The summed E-state index contributed by atoms with van der Waals surface area (Å²) in [5.74, 6) is -1.70. The first kappa shape index (κ1) is 24.5. The summed E-state index contributed by atoms with van der Waals surface area (Å²) in [5.41, 5.74) is 3.37. The topological polar surface area (TPSA) is 89.5 Å². The number of carbonyl (C=O) groups excluding carboxylic acids is 2. The van der Waals surface area contributed by atoms with Crippen LogP contribution >= 0.6 is 11.3 Å². The highest BCUT2D eigenvalue weighted by atomic mass is 32.1. The molecule has 0 spiro atoms. The van der Waals surface area contributed by atoms with Gasteiger partial charge in [-0.2, -0.15) is 0 Å². The van der Waals surface area contributed by atoms with E-state index < -0.39 is 29.4 Å². The quantitative estimate of drug-likeness (QED) is 0.485. The lowest BCUT2D eigenvalue weighted by molar-refractivity contribution is -0.148. The Kier molecular flexibility index (Phi) is 6.93. The van der Waals surface area contributed by atoms with E-state index in [4.69, 9.17) is 14.5 Å². The highest BCUT2D eigenvalue weighted by Crippen LogP contribution is 2.45. The number of benzene rings is 2. The van der Waals surface area contributed by atoms with Gasteiger partial charge >= 0.3 is 11.9 Å². The van der Waals surface area contributed by atoms with Crippen molar-refractivity contribution in [1.82, 2.24) is 10.3 Å². The molecule has 4 rings (SSSR count). The van der Waals surface area contributed by atoms with Gasteiger partial charge in [0.25, 0.3) is 0 Å². The molecule has 1 aliphatic heterocycles. The molecule has 2 aromatic carbocycles. The van der Waals surface area contributed by atoms with Crippen molar-refractivity contribution in [3.8, 4) is 11.3 Å². The average Bonchev–Trinajstić information content (AvgIpc) is 3.33. The number of allylic oxidation sites excluding steroid dienone is 1. The van der Waals surface area contributed by atoms with Crippen LogP contribution in [0.2, 0.25) is 0 Å². The molecule has 182 valence electrons. The number of anilines is 1. The van der Waals surface area contributed by atoms with Gasteiger partial charge in [-0.25, -0.2) is 14.6 Å². The minimum atomic E-state index is -1.37. The van der Waals surface area contributed by atoms with Crippen LogP contribution in [0.3, 0.4) is 0 Å². The highest BCUT2D eigenvalue weighted by Gasteiger charge is 2.58. The number of carbonyl (C=O) groups is 2. The number of hydrogen-bond donors (Lipinski definition) is 2. The van der Waals surface area contributed by atoms with Crippen molar-refractivity contribution in [3.63, 3.8) is 0 Å². The number of aromatic nitrogens is 1. The summed E-state index contributed by atoms with van der Waals surface area (Å²) in [6, 6.07) is 17.1. The van der Waals surface area contributed by atoms with Crippen LogP contribution < -0.4 is 10.6 Å². The van der Waals surface area contributed by atoms with E-state index in [0.29, 0.717) is 16.4 Å². The fraction of sp³-hybridized carbons (Fsp3) is 0.296. The number of esters is 2. The number of methoxy groups -OCH3 is 2. The molecular weight excluding hydrogens is 462 g/mol. The molecule has 0 saturated carbocycles. The standard InChI is InChI=1S/C27H29N3O4S/c1-16-11-13-19(14-12-16)21-15-35-26(29-21)30-27(25(32)34-5)18(3)28-17(2)22(24(31)33-4)23(27)20-9-7-6-8-10-20/h6-15,18,23,28H,1-5H3,(H,29,30). The molecule has 1 aromatic heterocycles. The lowest BCUT2D eigenvalue weighted by Crippen LogP contribution is -2.66. The second-order valence-corrected chi connectivity index (χ2v) is 9.49. The molecule has 8 heteroatoms. The molecule has 7 nitrogen and oxygen atoms in total. The van der Waals surface area contributed by atoms with Crippen molar-refractivity contribution in [1.29, 1.82) is 0 Å². The van der Waals surface area contributed by atoms with Gasteiger partial charge in [-0.3, -0.25) is 0 Å². The number of thiazole rings is 1. The third-order valence-corrected chi connectivity index (χ3v) is 7.25. The largest absolute Gasteiger partial charge is 0.467 e. The Morgan fingerprint density at radius 2 is 1.71 bits per heavy atom. The van der Waals surface area contributed by atoms with Crippen LogP contribution in [0.4, 0.5) is 5.13 Å². The number of hydrogen-bond acceptors (Lipinski definition) is 8.